The Bertz CT molecular complexity index is 332. The summed E-state index contributed by atoms with van der Waals surface area (Å²) in [5.41, 5.74) is 1.88. The van der Waals surface area contributed by atoms with E-state index < -0.39 is 16.1 Å². The first-order valence-electron chi connectivity index (χ1n) is 7.60. The van der Waals surface area contributed by atoms with Crippen LogP contribution in [0.5, 0.6) is 0 Å². The van der Waals surface area contributed by atoms with Gasteiger partial charge in [0.05, 0.1) is 6.07 Å². The Kier molecular flexibility index (Phi) is 6.78. The Hall–Kier alpha value is -0.336. The average molecular weight is 296 g/mol. The fourth-order valence-corrected chi connectivity index (χ4v) is 11.2. The third-order valence-corrected chi connectivity index (χ3v) is 12.8. The zero-order valence-corrected chi connectivity index (χ0v) is 16.5. The van der Waals surface area contributed by atoms with Crippen LogP contribution in [0.3, 0.4) is 0 Å². The van der Waals surface area contributed by atoms with Gasteiger partial charge in [-0.15, -0.1) is 0 Å². The third kappa shape index (κ3) is 4.32. The Balaban J connectivity index is 5.77. The molecule has 0 aliphatic heterocycles. The van der Waals surface area contributed by atoms with E-state index in [0.717, 1.165) is 11.2 Å². The predicted molar refractivity (Wildman–Crippen MR) is 92.9 cm³/mol. The van der Waals surface area contributed by atoms with Gasteiger partial charge in [0.2, 0.25) is 0 Å². The molecule has 0 aromatic heterocycles. The van der Waals surface area contributed by atoms with Gasteiger partial charge in [-0.1, -0.05) is 67.3 Å². The van der Waals surface area contributed by atoms with Crippen LogP contribution in [0.4, 0.5) is 0 Å². The van der Waals surface area contributed by atoms with E-state index in [0.29, 0.717) is 16.6 Å². The smallest absolute Gasteiger partial charge is 0.107 e. The lowest BCUT2D eigenvalue weighted by atomic mass is 10.5. The van der Waals surface area contributed by atoms with Crippen molar-refractivity contribution in [3.63, 3.8) is 0 Å². The Morgan fingerprint density at radius 1 is 0.947 bits per heavy atom. The van der Waals surface area contributed by atoms with Crippen molar-refractivity contribution in [2.45, 2.75) is 83.9 Å². The van der Waals surface area contributed by atoms with Gasteiger partial charge in [-0.05, 0) is 22.7 Å². The lowest BCUT2D eigenvalue weighted by Gasteiger charge is -2.43. The molecule has 0 saturated heterocycles. The van der Waals surface area contributed by atoms with Crippen LogP contribution in [0.1, 0.15) is 41.5 Å². The molecular formula is C16H33NSi2. The summed E-state index contributed by atoms with van der Waals surface area (Å²) in [6.07, 6.45) is 2.32. The molecule has 0 saturated carbocycles. The van der Waals surface area contributed by atoms with E-state index in [-0.39, 0.29) is 0 Å². The van der Waals surface area contributed by atoms with Gasteiger partial charge in [0, 0.05) is 13.3 Å². The molecule has 0 bridgehead atoms. The highest BCUT2D eigenvalue weighted by Crippen LogP contribution is 2.46. The molecule has 0 radical (unpaired) electrons. The molecule has 1 nitrogen and oxygen atoms in total. The highest BCUT2D eigenvalue weighted by molar-refractivity contribution is 6.90. The zero-order chi connectivity index (χ0) is 15.4. The van der Waals surface area contributed by atoms with Crippen molar-refractivity contribution in [3.05, 3.63) is 11.3 Å². The van der Waals surface area contributed by atoms with E-state index in [4.69, 9.17) is 0 Å². The monoisotopic (exact) mass is 295 g/mol. The Labute approximate surface area is 123 Å². The van der Waals surface area contributed by atoms with E-state index in [1.807, 2.05) is 0 Å². The van der Waals surface area contributed by atoms with Gasteiger partial charge in [0.25, 0.3) is 0 Å². The Morgan fingerprint density at radius 3 is 1.53 bits per heavy atom. The van der Waals surface area contributed by atoms with Crippen molar-refractivity contribution < 1.29 is 0 Å². The van der Waals surface area contributed by atoms with Gasteiger partial charge in [-0.25, -0.2) is 0 Å². The minimum absolute atomic E-state index is 0.625. The standard InChI is InChI=1S/C16H33NSi2/c1-13(2)19(14(3)4,15(5)6)16(12-17)10-11-18(7,8)9/h10,13-15H,11H2,1-9H3/b16-10+. The van der Waals surface area contributed by atoms with Crippen molar-refractivity contribution >= 4 is 16.1 Å². The Morgan fingerprint density at radius 2 is 1.32 bits per heavy atom. The van der Waals surface area contributed by atoms with Gasteiger partial charge < -0.3 is 0 Å². The molecule has 0 heterocycles. The van der Waals surface area contributed by atoms with Gasteiger partial charge in [0.15, 0.2) is 0 Å². The fourth-order valence-electron chi connectivity index (χ4n) is 3.66. The summed E-state index contributed by atoms with van der Waals surface area (Å²) in [4.78, 5) is 0. The average Bonchev–Trinajstić information content (AvgIpc) is 2.20. The van der Waals surface area contributed by atoms with E-state index in [9.17, 15) is 5.26 Å². The number of nitriles is 1. The molecule has 19 heavy (non-hydrogen) atoms. The SMILES string of the molecule is CC(C)[Si](/C(C#N)=C/C[Si](C)(C)C)(C(C)C)C(C)C. The van der Waals surface area contributed by atoms with Crippen LogP contribution in [0.2, 0.25) is 42.3 Å². The largest absolute Gasteiger partial charge is 0.193 e. The maximum absolute atomic E-state index is 9.74. The summed E-state index contributed by atoms with van der Waals surface area (Å²) in [6.45, 7) is 21.1. The molecule has 110 valence electrons. The van der Waals surface area contributed by atoms with E-state index in [1.165, 1.54) is 0 Å². The molecule has 0 aromatic rings. The van der Waals surface area contributed by atoms with Crippen LogP contribution in [-0.2, 0) is 0 Å². The molecule has 0 N–H and O–H groups in total. The van der Waals surface area contributed by atoms with Crippen LogP contribution in [-0.4, -0.2) is 16.1 Å². The summed E-state index contributed by atoms with van der Waals surface area (Å²) in [6, 6.07) is 3.74. The molecule has 0 rings (SSSR count). The van der Waals surface area contributed by atoms with Gasteiger partial charge in [-0.3, -0.25) is 0 Å². The van der Waals surface area contributed by atoms with Gasteiger partial charge in [-0.2, -0.15) is 5.26 Å². The lowest BCUT2D eigenvalue weighted by Crippen LogP contribution is -2.46. The van der Waals surface area contributed by atoms with Crippen molar-refractivity contribution in [1.29, 1.82) is 5.26 Å². The van der Waals surface area contributed by atoms with E-state index in [2.05, 4.69) is 73.3 Å². The van der Waals surface area contributed by atoms with Crippen LogP contribution in [0.15, 0.2) is 11.3 Å². The number of rotatable bonds is 6. The molecule has 0 unspecified atom stereocenters. The highest BCUT2D eigenvalue weighted by Gasteiger charge is 2.46. The first-order valence-corrected chi connectivity index (χ1v) is 13.5. The summed E-state index contributed by atoms with van der Waals surface area (Å²) in [5, 5.41) is 10.9. The summed E-state index contributed by atoms with van der Waals surface area (Å²) in [5.74, 6) is 0. The molecule has 0 aromatic carbocycles. The molecule has 0 aliphatic carbocycles. The first-order chi connectivity index (χ1) is 8.50. The number of nitrogens with zero attached hydrogens (tertiary/aromatic N) is 1. The second kappa shape index (κ2) is 6.90. The van der Waals surface area contributed by atoms with E-state index >= 15 is 0 Å². The summed E-state index contributed by atoms with van der Waals surface area (Å²) >= 11 is 0. The summed E-state index contributed by atoms with van der Waals surface area (Å²) in [7, 11) is -2.86. The molecule has 0 fully saturated rings. The van der Waals surface area contributed by atoms with Crippen molar-refractivity contribution in [3.8, 4) is 6.07 Å². The van der Waals surface area contributed by atoms with Gasteiger partial charge >= 0.3 is 0 Å². The summed E-state index contributed by atoms with van der Waals surface area (Å²) < 4.78 is 0. The third-order valence-electron chi connectivity index (χ3n) is 4.37. The number of allylic oxidation sites excluding steroid dienone is 2. The topological polar surface area (TPSA) is 23.8 Å². The van der Waals surface area contributed by atoms with Crippen LogP contribution in [0.25, 0.3) is 0 Å². The minimum atomic E-state index is -1.73. The van der Waals surface area contributed by atoms with Crippen LogP contribution < -0.4 is 0 Å². The van der Waals surface area contributed by atoms with Crippen molar-refractivity contribution in [2.75, 3.05) is 0 Å². The second-order valence-corrected chi connectivity index (χ2v) is 19.3. The molecule has 3 heteroatoms. The maximum atomic E-state index is 9.74. The zero-order valence-electron chi connectivity index (χ0n) is 14.5. The second-order valence-electron chi connectivity index (χ2n) is 7.89. The number of hydrogen-bond donors (Lipinski definition) is 0. The minimum Gasteiger partial charge on any atom is -0.193 e. The molecular weight excluding hydrogens is 262 g/mol. The predicted octanol–water partition coefficient (Wildman–Crippen LogP) is 5.99. The molecule has 0 spiro atoms. The van der Waals surface area contributed by atoms with Crippen molar-refractivity contribution in [1.82, 2.24) is 0 Å². The van der Waals surface area contributed by atoms with Gasteiger partial charge in [0.1, 0.15) is 8.07 Å². The molecule has 0 aliphatic rings. The van der Waals surface area contributed by atoms with E-state index in [1.54, 1.807) is 0 Å². The van der Waals surface area contributed by atoms with Crippen LogP contribution in [0, 0.1) is 11.3 Å². The normalized spacial score (nSPS) is 14.4. The quantitative estimate of drug-likeness (QED) is 0.436. The fraction of sp³-hybridized carbons (Fsp3) is 0.812. The molecule has 0 atom stereocenters. The molecule has 0 amide bonds. The van der Waals surface area contributed by atoms with Crippen molar-refractivity contribution in [2.24, 2.45) is 0 Å². The first kappa shape index (κ1) is 18.7. The highest BCUT2D eigenvalue weighted by atomic mass is 28.3. The van der Waals surface area contributed by atoms with Crippen LogP contribution >= 0.6 is 0 Å². The maximum Gasteiger partial charge on any atom is 0.107 e. The lowest BCUT2D eigenvalue weighted by molar-refractivity contribution is 0.827. The number of hydrogen-bond acceptors (Lipinski definition) is 1.